The summed E-state index contributed by atoms with van der Waals surface area (Å²) < 4.78 is 0. The number of unbranched alkanes of at least 4 members (excludes halogenated alkanes) is 2. The van der Waals surface area contributed by atoms with Crippen molar-refractivity contribution in [3.05, 3.63) is 130 Å². The maximum absolute atomic E-state index is 13.7. The second-order valence-corrected chi connectivity index (χ2v) is 11.9. The third-order valence-electron chi connectivity index (χ3n) is 8.96. The maximum atomic E-state index is 13.7. The summed E-state index contributed by atoms with van der Waals surface area (Å²) in [6, 6.07) is 33.9. The van der Waals surface area contributed by atoms with Gasteiger partial charge in [-0.2, -0.15) is 0 Å². The van der Waals surface area contributed by atoms with Crippen molar-refractivity contribution in [2.75, 3.05) is 14.1 Å². The van der Waals surface area contributed by atoms with Crippen molar-refractivity contribution in [3.8, 4) is 22.3 Å². The summed E-state index contributed by atoms with van der Waals surface area (Å²) in [5, 5.41) is 0. The van der Waals surface area contributed by atoms with E-state index in [1.165, 1.54) is 36.8 Å². The number of hydrogen-bond donors (Lipinski definition) is 0. The first-order valence-electron chi connectivity index (χ1n) is 15.9. The van der Waals surface area contributed by atoms with Gasteiger partial charge in [0.1, 0.15) is 0 Å². The largest absolute Gasteiger partial charge is 0.310 e. The molecule has 0 unspecified atom stereocenters. The number of likely N-dealkylation sites (N-methyl/N-ethyl adjacent to an activating group) is 2. The Morgan fingerprint density at radius 1 is 0.432 bits per heavy atom. The minimum absolute atomic E-state index is 0.152. The van der Waals surface area contributed by atoms with E-state index < -0.39 is 0 Å². The quantitative estimate of drug-likeness (QED) is 0.188. The summed E-state index contributed by atoms with van der Waals surface area (Å²) in [5.74, 6) is -0.303. The summed E-state index contributed by atoms with van der Waals surface area (Å²) in [6.07, 6.45) is 6.98. The smallest absolute Gasteiger partial charge is 0.261 e. The zero-order chi connectivity index (χ0) is 30.8. The van der Waals surface area contributed by atoms with Gasteiger partial charge in [-0.15, -0.1) is 0 Å². The van der Waals surface area contributed by atoms with Gasteiger partial charge in [0.2, 0.25) is 0 Å². The second kappa shape index (κ2) is 12.5. The Morgan fingerprint density at radius 2 is 0.705 bits per heavy atom. The van der Waals surface area contributed by atoms with Crippen LogP contribution in [0.2, 0.25) is 0 Å². The number of nitrogens with zero attached hydrogens (tertiary/aromatic N) is 2. The zero-order valence-electron chi connectivity index (χ0n) is 26.2. The lowest BCUT2D eigenvalue weighted by Gasteiger charge is -2.20. The van der Waals surface area contributed by atoms with E-state index in [-0.39, 0.29) is 11.8 Å². The van der Waals surface area contributed by atoms with Crippen LogP contribution in [0.3, 0.4) is 0 Å². The molecule has 0 fully saturated rings. The van der Waals surface area contributed by atoms with E-state index in [4.69, 9.17) is 0 Å². The number of aryl methyl sites for hydroxylation is 2. The molecule has 4 aromatic rings. The van der Waals surface area contributed by atoms with Crippen LogP contribution in [-0.4, -0.2) is 35.7 Å². The van der Waals surface area contributed by atoms with Crippen molar-refractivity contribution >= 4 is 23.2 Å². The van der Waals surface area contributed by atoms with Gasteiger partial charge in [0.05, 0.1) is 22.5 Å². The molecule has 0 spiro atoms. The first kappa shape index (κ1) is 29.4. The molecule has 4 aromatic carbocycles. The Labute approximate surface area is 261 Å². The third kappa shape index (κ3) is 5.41. The molecule has 2 heterocycles. The van der Waals surface area contributed by atoms with Crippen LogP contribution >= 0.6 is 0 Å². The summed E-state index contributed by atoms with van der Waals surface area (Å²) in [6.45, 7) is 4.43. The van der Waals surface area contributed by atoms with E-state index in [0.717, 1.165) is 46.2 Å². The number of carbonyl (C=O) groups is 2. The minimum Gasteiger partial charge on any atom is -0.310 e. The highest BCUT2D eigenvalue weighted by Crippen LogP contribution is 2.45. The van der Waals surface area contributed by atoms with E-state index in [2.05, 4.69) is 86.6 Å². The average molecular weight is 581 g/mol. The molecule has 2 aliphatic rings. The summed E-state index contributed by atoms with van der Waals surface area (Å²) in [7, 11) is 3.52. The molecule has 2 aliphatic heterocycles. The van der Waals surface area contributed by atoms with E-state index in [9.17, 15) is 9.59 Å². The van der Waals surface area contributed by atoms with Crippen LogP contribution in [0.4, 0.5) is 0 Å². The molecule has 6 rings (SSSR count). The molecule has 0 aliphatic carbocycles. The summed E-state index contributed by atoms with van der Waals surface area (Å²) >= 11 is 0. The van der Waals surface area contributed by atoms with Gasteiger partial charge in [0, 0.05) is 14.1 Å². The predicted octanol–water partition coefficient (Wildman–Crippen LogP) is 8.77. The van der Waals surface area contributed by atoms with Crippen molar-refractivity contribution in [2.45, 2.75) is 52.4 Å². The molecule has 2 amide bonds. The van der Waals surface area contributed by atoms with Crippen molar-refractivity contribution < 1.29 is 9.59 Å². The Bertz CT molecular complexity index is 1610. The topological polar surface area (TPSA) is 40.6 Å². The fraction of sp³-hybridized carbons (Fsp3) is 0.250. The van der Waals surface area contributed by atoms with Gasteiger partial charge in [-0.3, -0.25) is 9.59 Å². The van der Waals surface area contributed by atoms with E-state index in [0.29, 0.717) is 22.5 Å². The lowest BCUT2D eigenvalue weighted by Crippen LogP contribution is -2.25. The Hall–Kier alpha value is -4.70. The number of amides is 2. The van der Waals surface area contributed by atoms with Crippen molar-refractivity contribution in [1.82, 2.24) is 9.80 Å². The highest BCUT2D eigenvalue weighted by molar-refractivity contribution is 6.30. The van der Waals surface area contributed by atoms with Crippen molar-refractivity contribution in [3.63, 3.8) is 0 Å². The minimum atomic E-state index is -0.152. The fourth-order valence-electron chi connectivity index (χ4n) is 6.33. The molecule has 0 saturated carbocycles. The molecule has 0 atom stereocenters. The first-order valence-corrected chi connectivity index (χ1v) is 15.9. The van der Waals surface area contributed by atoms with E-state index in [1.54, 1.807) is 23.9 Å². The van der Waals surface area contributed by atoms with Crippen LogP contribution in [-0.2, 0) is 22.4 Å². The van der Waals surface area contributed by atoms with Crippen LogP contribution < -0.4 is 0 Å². The van der Waals surface area contributed by atoms with Crippen molar-refractivity contribution in [1.29, 1.82) is 0 Å². The van der Waals surface area contributed by atoms with Gasteiger partial charge in [0.15, 0.2) is 0 Å². The molecule has 44 heavy (non-hydrogen) atoms. The molecule has 222 valence electrons. The molecule has 0 N–H and O–H groups in total. The van der Waals surface area contributed by atoms with Gasteiger partial charge < -0.3 is 9.80 Å². The molecule has 0 aromatic heterocycles. The maximum Gasteiger partial charge on any atom is 0.261 e. The highest BCUT2D eigenvalue weighted by Gasteiger charge is 2.46. The highest BCUT2D eigenvalue weighted by atomic mass is 16.2. The van der Waals surface area contributed by atoms with Gasteiger partial charge >= 0.3 is 0 Å². The zero-order valence-corrected chi connectivity index (χ0v) is 26.2. The lowest BCUT2D eigenvalue weighted by atomic mass is 9.97. The molecule has 0 radical (unpaired) electrons. The van der Waals surface area contributed by atoms with Crippen LogP contribution in [0.25, 0.3) is 33.6 Å². The number of benzene rings is 4. The fourth-order valence-corrected chi connectivity index (χ4v) is 6.33. The monoisotopic (exact) mass is 580 g/mol. The lowest BCUT2D eigenvalue weighted by molar-refractivity contribution is -0.123. The van der Waals surface area contributed by atoms with Gasteiger partial charge in [-0.1, -0.05) is 124 Å². The average Bonchev–Trinajstić information content (AvgIpc) is 3.47. The number of carbonyl (C=O) groups excluding carboxylic acids is 2. The molecular formula is C40H40N2O2. The molecule has 4 nitrogen and oxygen atoms in total. The van der Waals surface area contributed by atoms with Gasteiger partial charge in [0.25, 0.3) is 11.8 Å². The van der Waals surface area contributed by atoms with E-state index >= 15 is 0 Å². The van der Waals surface area contributed by atoms with Gasteiger partial charge in [-0.25, -0.2) is 0 Å². The van der Waals surface area contributed by atoms with Crippen LogP contribution in [0.1, 0.15) is 61.8 Å². The standard InChI is InChI=1S/C40H40N2O2/c1-5-7-9-27-11-15-29(16-12-27)31-19-23-33(24-20-31)37-35-36(40(44)41(37)3)38(42(4)39(35)43)34-25-21-32(22-26-34)30-17-13-28(14-18-30)10-8-6-2/h11-26H,5-10H2,1-4H3. The van der Waals surface area contributed by atoms with E-state index in [1.807, 2.05) is 24.3 Å². The van der Waals surface area contributed by atoms with Crippen LogP contribution in [0.5, 0.6) is 0 Å². The number of hydrogen-bond acceptors (Lipinski definition) is 2. The normalized spacial score (nSPS) is 14.7. The number of rotatable bonds is 10. The third-order valence-corrected chi connectivity index (χ3v) is 8.96. The van der Waals surface area contributed by atoms with Crippen LogP contribution in [0, 0.1) is 0 Å². The van der Waals surface area contributed by atoms with Gasteiger partial charge in [-0.05, 0) is 70.2 Å². The first-order chi connectivity index (χ1) is 21.4. The van der Waals surface area contributed by atoms with Crippen LogP contribution in [0.15, 0.2) is 108 Å². The molecule has 0 bridgehead atoms. The van der Waals surface area contributed by atoms with Crippen molar-refractivity contribution in [2.24, 2.45) is 0 Å². The Balaban J connectivity index is 1.30. The molecule has 4 heteroatoms. The molecule has 0 saturated heterocycles. The second-order valence-electron chi connectivity index (χ2n) is 11.9. The number of fused-ring (bicyclic) bond motifs is 1. The predicted molar refractivity (Wildman–Crippen MR) is 180 cm³/mol. The molecular weight excluding hydrogens is 540 g/mol. The summed E-state index contributed by atoms with van der Waals surface area (Å²) in [5.41, 5.74) is 11.2. The Morgan fingerprint density at radius 3 is 1.00 bits per heavy atom. The summed E-state index contributed by atoms with van der Waals surface area (Å²) in [4.78, 5) is 30.6. The SMILES string of the molecule is CCCCc1ccc(-c2ccc(C3=C4C(=O)N(C)C(c5ccc(-c6ccc(CCCC)cc6)cc5)=C4C(=O)N3C)cc2)cc1. The Kier molecular flexibility index (Phi) is 8.34.